The van der Waals surface area contributed by atoms with Gasteiger partial charge in [-0.3, -0.25) is 4.99 Å². The van der Waals surface area contributed by atoms with E-state index in [-0.39, 0.29) is 0 Å². The molecule has 0 radical (unpaired) electrons. The van der Waals surface area contributed by atoms with Gasteiger partial charge in [0.25, 0.3) is 0 Å². The third kappa shape index (κ3) is 3.23. The predicted octanol–water partition coefficient (Wildman–Crippen LogP) is 4.83. The number of hydrogen-bond donors (Lipinski definition) is 0. The van der Waals surface area contributed by atoms with Crippen molar-refractivity contribution >= 4 is 11.3 Å². The van der Waals surface area contributed by atoms with Gasteiger partial charge in [0.15, 0.2) is 0 Å². The molecule has 0 spiro atoms. The maximum Gasteiger partial charge on any atom is 0.0606 e. The molecule has 0 saturated carbocycles. The van der Waals surface area contributed by atoms with Crippen LogP contribution in [0.3, 0.4) is 0 Å². The molecule has 0 aromatic heterocycles. The maximum absolute atomic E-state index is 4.49. The number of nitrogens with zero attached hydrogens (tertiary/aromatic N) is 1. The molecule has 2 rings (SSSR count). The molecule has 1 aliphatic rings. The van der Waals surface area contributed by atoms with E-state index >= 15 is 0 Å². The molecule has 19 heavy (non-hydrogen) atoms. The van der Waals surface area contributed by atoms with Crippen LogP contribution in [0.4, 0.5) is 0 Å². The maximum atomic E-state index is 4.49. The molecule has 100 valence electrons. The van der Waals surface area contributed by atoms with Crippen LogP contribution in [0.1, 0.15) is 44.7 Å². The van der Waals surface area contributed by atoms with Gasteiger partial charge < -0.3 is 0 Å². The zero-order chi connectivity index (χ0) is 13.8. The van der Waals surface area contributed by atoms with Crippen molar-refractivity contribution in [2.75, 3.05) is 6.54 Å². The first-order valence-electron chi connectivity index (χ1n) is 7.09. The lowest BCUT2D eigenvalue weighted by Gasteiger charge is -2.07. The highest BCUT2D eigenvalue weighted by Gasteiger charge is 2.12. The number of allylic oxidation sites excluding steroid dienone is 2. The first kappa shape index (κ1) is 13.8. The zero-order valence-corrected chi connectivity index (χ0v) is 12.3. The third-order valence-electron chi connectivity index (χ3n) is 3.96. The van der Waals surface area contributed by atoms with E-state index in [2.05, 4.69) is 56.6 Å². The van der Waals surface area contributed by atoms with Gasteiger partial charge in [-0.15, -0.1) is 0 Å². The van der Waals surface area contributed by atoms with Crippen LogP contribution in [0.2, 0.25) is 0 Å². The summed E-state index contributed by atoms with van der Waals surface area (Å²) in [4.78, 5) is 4.49. The second-order valence-corrected chi connectivity index (χ2v) is 5.31. The lowest BCUT2D eigenvalue weighted by Crippen LogP contribution is -1.97. The van der Waals surface area contributed by atoms with Gasteiger partial charge in [0.2, 0.25) is 0 Å². The summed E-state index contributed by atoms with van der Waals surface area (Å²) < 4.78 is 0. The van der Waals surface area contributed by atoms with Gasteiger partial charge in [0.05, 0.1) is 6.54 Å². The second-order valence-electron chi connectivity index (χ2n) is 5.31. The average Bonchev–Trinajstić information content (AvgIpc) is 2.75. The van der Waals surface area contributed by atoms with Crippen LogP contribution in [-0.2, 0) is 6.42 Å². The minimum atomic E-state index is 0.899. The monoisotopic (exact) mass is 253 g/mol. The Hall–Kier alpha value is -1.63. The van der Waals surface area contributed by atoms with E-state index in [4.69, 9.17) is 0 Å². The summed E-state index contributed by atoms with van der Waals surface area (Å²) >= 11 is 0. The Balaban J connectivity index is 1.99. The number of aliphatic imine (C=N–C) groups is 1. The van der Waals surface area contributed by atoms with Crippen LogP contribution < -0.4 is 0 Å². The van der Waals surface area contributed by atoms with Crippen LogP contribution in [0, 0.1) is 0 Å². The Labute approximate surface area is 116 Å². The second kappa shape index (κ2) is 6.01. The molecule has 0 amide bonds. The molecule has 1 aromatic rings. The first-order chi connectivity index (χ1) is 9.11. The minimum absolute atomic E-state index is 0.899. The Kier molecular flexibility index (Phi) is 4.36. The zero-order valence-electron chi connectivity index (χ0n) is 12.3. The normalized spacial score (nSPS) is 14.8. The van der Waals surface area contributed by atoms with Crippen LogP contribution in [0.15, 0.2) is 47.0 Å². The summed E-state index contributed by atoms with van der Waals surface area (Å²) in [5, 5.41) is 0. The number of benzene rings is 1. The summed E-state index contributed by atoms with van der Waals surface area (Å²) in [5.74, 6) is 0. The lowest BCUT2D eigenvalue weighted by atomic mass is 9.97. The van der Waals surface area contributed by atoms with E-state index in [1.54, 1.807) is 0 Å². The molecule has 0 bridgehead atoms. The minimum Gasteiger partial charge on any atom is -0.285 e. The van der Waals surface area contributed by atoms with Gasteiger partial charge in [0, 0.05) is 5.71 Å². The molecule has 0 saturated heterocycles. The topological polar surface area (TPSA) is 12.4 Å². The molecule has 0 N–H and O–H groups in total. The van der Waals surface area contributed by atoms with Gasteiger partial charge in [-0.05, 0) is 61.0 Å². The fourth-order valence-corrected chi connectivity index (χ4v) is 2.51. The molecule has 1 heteroatoms. The van der Waals surface area contributed by atoms with Crippen molar-refractivity contribution in [1.82, 2.24) is 0 Å². The Morgan fingerprint density at radius 2 is 1.84 bits per heavy atom. The molecular formula is C18H23N. The molecule has 1 nitrogen and oxygen atoms in total. The smallest absolute Gasteiger partial charge is 0.0606 e. The molecule has 1 aliphatic heterocycles. The van der Waals surface area contributed by atoms with E-state index in [0.29, 0.717) is 0 Å². The fraction of sp³-hybridized carbons (Fsp3) is 0.389. The standard InChI is InChI=1S/C18H23N/c1-5-13(2)17-9-6-16(7-10-17)8-11-18-14(3)12-19-15(18)4/h6-7,9-10H,2,5,8,11-12H2,1,3-4H3. The summed E-state index contributed by atoms with van der Waals surface area (Å²) in [6, 6.07) is 8.84. The quantitative estimate of drug-likeness (QED) is 0.712. The Bertz CT molecular complexity index is 529. The molecule has 0 atom stereocenters. The van der Waals surface area contributed by atoms with Crippen LogP contribution in [-0.4, -0.2) is 12.3 Å². The molecule has 0 unspecified atom stereocenters. The van der Waals surface area contributed by atoms with Gasteiger partial charge in [0.1, 0.15) is 0 Å². The summed E-state index contributed by atoms with van der Waals surface area (Å²) in [6.07, 6.45) is 3.22. The number of rotatable bonds is 5. The Morgan fingerprint density at radius 3 is 2.37 bits per heavy atom. The molecular weight excluding hydrogens is 230 g/mol. The van der Waals surface area contributed by atoms with Crippen molar-refractivity contribution in [2.24, 2.45) is 4.99 Å². The molecule has 0 aliphatic carbocycles. The fourth-order valence-electron chi connectivity index (χ4n) is 2.51. The number of hydrogen-bond acceptors (Lipinski definition) is 1. The van der Waals surface area contributed by atoms with Gasteiger partial charge in [-0.2, -0.15) is 0 Å². The van der Waals surface area contributed by atoms with E-state index in [0.717, 1.165) is 25.8 Å². The Morgan fingerprint density at radius 1 is 1.16 bits per heavy atom. The van der Waals surface area contributed by atoms with Crippen molar-refractivity contribution in [3.05, 3.63) is 53.1 Å². The molecule has 1 aromatic carbocycles. The molecule has 1 heterocycles. The van der Waals surface area contributed by atoms with Crippen LogP contribution in [0.25, 0.3) is 5.57 Å². The van der Waals surface area contributed by atoms with Gasteiger partial charge in [-0.1, -0.05) is 37.8 Å². The van der Waals surface area contributed by atoms with Crippen molar-refractivity contribution in [1.29, 1.82) is 0 Å². The van der Waals surface area contributed by atoms with E-state index in [9.17, 15) is 0 Å². The summed E-state index contributed by atoms with van der Waals surface area (Å²) in [6.45, 7) is 11.4. The van der Waals surface area contributed by atoms with Crippen molar-refractivity contribution in [2.45, 2.75) is 40.0 Å². The van der Waals surface area contributed by atoms with Crippen molar-refractivity contribution in [3.8, 4) is 0 Å². The van der Waals surface area contributed by atoms with E-state index < -0.39 is 0 Å². The highest BCUT2D eigenvalue weighted by Crippen LogP contribution is 2.21. The third-order valence-corrected chi connectivity index (χ3v) is 3.96. The SMILES string of the molecule is C=C(CC)c1ccc(CCC2=C(C)CN=C2C)cc1. The summed E-state index contributed by atoms with van der Waals surface area (Å²) in [7, 11) is 0. The van der Waals surface area contributed by atoms with E-state index in [1.807, 2.05) is 0 Å². The van der Waals surface area contributed by atoms with Crippen molar-refractivity contribution < 1.29 is 0 Å². The lowest BCUT2D eigenvalue weighted by molar-refractivity contribution is 0.963. The average molecular weight is 253 g/mol. The van der Waals surface area contributed by atoms with Gasteiger partial charge in [-0.25, -0.2) is 0 Å². The predicted molar refractivity (Wildman–Crippen MR) is 84.8 cm³/mol. The largest absolute Gasteiger partial charge is 0.285 e. The molecule has 0 fully saturated rings. The van der Waals surface area contributed by atoms with Crippen LogP contribution in [0.5, 0.6) is 0 Å². The highest BCUT2D eigenvalue weighted by atomic mass is 14.8. The highest BCUT2D eigenvalue weighted by molar-refractivity contribution is 6.00. The van der Waals surface area contributed by atoms with Crippen molar-refractivity contribution in [3.63, 3.8) is 0 Å². The number of aryl methyl sites for hydroxylation is 1. The van der Waals surface area contributed by atoms with E-state index in [1.165, 1.54) is 33.6 Å². The van der Waals surface area contributed by atoms with Gasteiger partial charge >= 0.3 is 0 Å². The summed E-state index contributed by atoms with van der Waals surface area (Å²) in [5.41, 5.74) is 8.00. The van der Waals surface area contributed by atoms with Crippen LogP contribution >= 0.6 is 0 Å². The first-order valence-corrected chi connectivity index (χ1v) is 7.09.